The third-order valence-electron chi connectivity index (χ3n) is 8.52. The molecule has 2 aromatic carbocycles. The number of para-hydroxylation sites is 1. The number of hydrogen-bond donors (Lipinski definition) is 2. The van der Waals surface area contributed by atoms with Crippen molar-refractivity contribution in [1.82, 2.24) is 25.1 Å². The van der Waals surface area contributed by atoms with Gasteiger partial charge in [-0.3, -0.25) is 19.7 Å². The summed E-state index contributed by atoms with van der Waals surface area (Å²) in [6, 6.07) is 12.0. The number of carbonyl (C=O) groups is 2. The van der Waals surface area contributed by atoms with Crippen LogP contribution in [0.5, 0.6) is 0 Å². The number of nitro benzene ring substituents is 1. The van der Waals surface area contributed by atoms with Gasteiger partial charge < -0.3 is 20.9 Å². The van der Waals surface area contributed by atoms with Crippen molar-refractivity contribution >= 4 is 29.1 Å². The molecule has 2 aliphatic rings. The fourth-order valence-electron chi connectivity index (χ4n) is 6.11. The lowest BCUT2D eigenvalue weighted by molar-refractivity contribution is -0.385. The van der Waals surface area contributed by atoms with Crippen LogP contribution in [0.4, 0.5) is 5.69 Å². The van der Waals surface area contributed by atoms with Gasteiger partial charge in [-0.05, 0) is 43.5 Å². The second-order valence-electron chi connectivity index (χ2n) is 12.4. The van der Waals surface area contributed by atoms with Crippen molar-refractivity contribution < 1.29 is 14.5 Å². The summed E-state index contributed by atoms with van der Waals surface area (Å²) in [7, 11) is 2.16. The Hall–Kier alpha value is -3.09. The number of carbonyl (C=O) groups excluding carboxylic acids is 2. The van der Waals surface area contributed by atoms with E-state index < -0.39 is 22.9 Å². The first-order valence-electron chi connectivity index (χ1n) is 15.5. The maximum Gasteiger partial charge on any atom is 0.274 e. The molecule has 0 radical (unpaired) electrons. The summed E-state index contributed by atoms with van der Waals surface area (Å²) in [6.45, 7) is 10.8. The molecule has 0 saturated carbocycles. The molecule has 4 rings (SSSR count). The molecule has 0 aliphatic carbocycles. The largest absolute Gasteiger partial charge is 0.344 e. The first-order valence-corrected chi connectivity index (χ1v) is 15.9. The van der Waals surface area contributed by atoms with E-state index in [-0.39, 0.29) is 23.6 Å². The van der Waals surface area contributed by atoms with Gasteiger partial charge in [0.15, 0.2) is 0 Å². The predicted octanol–water partition coefficient (Wildman–Crippen LogP) is 3.48. The number of piperazine rings is 1. The van der Waals surface area contributed by atoms with Crippen molar-refractivity contribution in [3.8, 4) is 0 Å². The standard InChI is InChI=1S/C32H46ClN7O4/c1-23(2)22-39(38-18-16-36(3)17-19-38)26-12-14-37(15-13-26)32(42)29(20-24-8-10-25(33)11-9-24)35-31(41)21-28(34)27-6-4-5-7-30(27)40(43)44/h4-11,23,26,28-29H,12-22,34H2,1-3H3,(H,35,41)/t28?,29-/m1/s1. The summed E-state index contributed by atoms with van der Waals surface area (Å²) in [4.78, 5) is 42.3. The van der Waals surface area contributed by atoms with Gasteiger partial charge in [0.25, 0.3) is 5.69 Å². The molecule has 3 N–H and O–H groups in total. The fraction of sp³-hybridized carbons (Fsp3) is 0.562. The number of likely N-dealkylation sites (N-methyl/N-ethyl adjacent to an activating group) is 1. The lowest BCUT2D eigenvalue weighted by Gasteiger charge is -2.47. The highest BCUT2D eigenvalue weighted by Gasteiger charge is 2.34. The quantitative estimate of drug-likeness (QED) is 0.270. The monoisotopic (exact) mass is 627 g/mol. The van der Waals surface area contributed by atoms with Crippen molar-refractivity contribution in [1.29, 1.82) is 0 Å². The van der Waals surface area contributed by atoms with Crippen LogP contribution in [0, 0.1) is 16.0 Å². The average Bonchev–Trinajstić information content (AvgIpc) is 3.00. The van der Waals surface area contributed by atoms with Gasteiger partial charge in [0, 0.05) is 87.4 Å². The van der Waals surface area contributed by atoms with Gasteiger partial charge >= 0.3 is 0 Å². The molecule has 2 atom stereocenters. The molecule has 2 saturated heterocycles. The second-order valence-corrected chi connectivity index (χ2v) is 12.8. The number of nitrogens with two attached hydrogens (primary N) is 1. The lowest BCUT2D eigenvalue weighted by atomic mass is 9.99. The summed E-state index contributed by atoms with van der Waals surface area (Å²) in [5, 5.41) is 20.0. The Morgan fingerprint density at radius 3 is 2.30 bits per heavy atom. The van der Waals surface area contributed by atoms with E-state index in [1.165, 1.54) is 6.07 Å². The molecule has 1 unspecified atom stereocenters. The molecule has 2 fully saturated rings. The smallest absolute Gasteiger partial charge is 0.274 e. The van der Waals surface area contributed by atoms with Crippen molar-refractivity contribution in [2.24, 2.45) is 11.7 Å². The number of hydrazine groups is 1. The summed E-state index contributed by atoms with van der Waals surface area (Å²) >= 11 is 6.08. The number of nitrogens with zero attached hydrogens (tertiary/aromatic N) is 5. The Balaban J connectivity index is 1.43. The number of piperidine rings is 1. The van der Waals surface area contributed by atoms with E-state index >= 15 is 0 Å². The molecule has 11 nitrogen and oxygen atoms in total. The highest BCUT2D eigenvalue weighted by Crippen LogP contribution is 2.26. The summed E-state index contributed by atoms with van der Waals surface area (Å²) in [6.07, 6.45) is 1.82. The van der Waals surface area contributed by atoms with Crippen LogP contribution in [0.1, 0.15) is 50.3 Å². The number of nitro groups is 1. The van der Waals surface area contributed by atoms with E-state index in [0.29, 0.717) is 36.5 Å². The van der Waals surface area contributed by atoms with Gasteiger partial charge in [0.2, 0.25) is 11.8 Å². The molecule has 2 aromatic rings. The van der Waals surface area contributed by atoms with Gasteiger partial charge in [-0.15, -0.1) is 0 Å². The lowest BCUT2D eigenvalue weighted by Crippen LogP contribution is -2.60. The SMILES string of the molecule is CC(C)CN(C1CCN(C(=O)[C@@H](Cc2ccc(Cl)cc2)NC(=O)CC(N)c2ccccc2[N+](=O)[O-])CC1)N1CCN(C)CC1. The van der Waals surface area contributed by atoms with Crippen LogP contribution >= 0.6 is 11.6 Å². The molecule has 0 aromatic heterocycles. The summed E-state index contributed by atoms with van der Waals surface area (Å²) in [5.41, 5.74) is 7.27. The van der Waals surface area contributed by atoms with Crippen LogP contribution in [0.25, 0.3) is 0 Å². The Kier molecular flexibility index (Phi) is 12.1. The Labute approximate surface area is 265 Å². The van der Waals surface area contributed by atoms with E-state index in [0.717, 1.165) is 51.1 Å². The maximum absolute atomic E-state index is 13.9. The normalized spacial score (nSPS) is 18.4. The molecule has 44 heavy (non-hydrogen) atoms. The van der Waals surface area contributed by atoms with E-state index in [4.69, 9.17) is 17.3 Å². The minimum Gasteiger partial charge on any atom is -0.344 e. The van der Waals surface area contributed by atoms with Gasteiger partial charge in [0.05, 0.1) is 4.92 Å². The average molecular weight is 628 g/mol. The zero-order valence-corrected chi connectivity index (χ0v) is 26.8. The first-order chi connectivity index (χ1) is 21.0. The zero-order valence-electron chi connectivity index (χ0n) is 26.0. The number of halogens is 1. The van der Waals surface area contributed by atoms with Gasteiger partial charge in [-0.1, -0.05) is 55.8 Å². The Morgan fingerprint density at radius 1 is 1.05 bits per heavy atom. The molecule has 0 spiro atoms. The third kappa shape index (κ3) is 9.21. The van der Waals surface area contributed by atoms with E-state index in [1.807, 2.05) is 17.0 Å². The topological polar surface area (TPSA) is 128 Å². The molecule has 0 bridgehead atoms. The van der Waals surface area contributed by atoms with Crippen LogP contribution in [0.15, 0.2) is 48.5 Å². The van der Waals surface area contributed by atoms with Crippen molar-refractivity contribution in [2.75, 3.05) is 52.9 Å². The minimum absolute atomic E-state index is 0.132. The molecular formula is C32H46ClN7O4. The van der Waals surface area contributed by atoms with E-state index in [2.05, 4.69) is 41.1 Å². The van der Waals surface area contributed by atoms with Gasteiger partial charge in [-0.2, -0.15) is 0 Å². The highest BCUT2D eigenvalue weighted by atomic mass is 35.5. The van der Waals surface area contributed by atoms with Crippen LogP contribution in [0.3, 0.4) is 0 Å². The number of hydrogen-bond acceptors (Lipinski definition) is 8. The van der Waals surface area contributed by atoms with Crippen LogP contribution in [-0.4, -0.2) is 101 Å². The van der Waals surface area contributed by atoms with Gasteiger partial charge in [0.1, 0.15) is 6.04 Å². The first kappa shape index (κ1) is 33.8. The second kappa shape index (κ2) is 15.8. The molecule has 12 heteroatoms. The Bertz CT molecular complexity index is 1260. The van der Waals surface area contributed by atoms with E-state index in [1.54, 1.807) is 30.3 Å². The van der Waals surface area contributed by atoms with Crippen molar-refractivity contribution in [3.05, 3.63) is 74.8 Å². The maximum atomic E-state index is 13.9. The van der Waals surface area contributed by atoms with Crippen LogP contribution in [-0.2, 0) is 16.0 Å². The van der Waals surface area contributed by atoms with E-state index in [9.17, 15) is 19.7 Å². The van der Waals surface area contributed by atoms with Crippen molar-refractivity contribution in [3.63, 3.8) is 0 Å². The molecule has 240 valence electrons. The third-order valence-corrected chi connectivity index (χ3v) is 8.77. The predicted molar refractivity (Wildman–Crippen MR) is 172 cm³/mol. The van der Waals surface area contributed by atoms with Crippen LogP contribution < -0.4 is 11.1 Å². The molecule has 2 amide bonds. The van der Waals surface area contributed by atoms with Crippen LogP contribution in [0.2, 0.25) is 5.02 Å². The van der Waals surface area contributed by atoms with Crippen molar-refractivity contribution in [2.45, 2.75) is 57.7 Å². The molecular weight excluding hydrogens is 582 g/mol. The molecule has 2 heterocycles. The number of amides is 2. The zero-order chi connectivity index (χ0) is 31.8. The summed E-state index contributed by atoms with van der Waals surface area (Å²) in [5.74, 6) is -0.0472. The molecule has 2 aliphatic heterocycles. The minimum atomic E-state index is -0.889. The number of benzene rings is 2. The fourth-order valence-corrected chi connectivity index (χ4v) is 6.24. The number of rotatable bonds is 12. The highest BCUT2D eigenvalue weighted by molar-refractivity contribution is 6.30. The number of likely N-dealkylation sites (tertiary alicyclic amines) is 1. The Morgan fingerprint density at radius 2 is 1.68 bits per heavy atom. The summed E-state index contributed by atoms with van der Waals surface area (Å²) < 4.78 is 0. The number of nitrogens with one attached hydrogen (secondary N) is 1. The van der Waals surface area contributed by atoms with Gasteiger partial charge in [-0.25, -0.2) is 10.0 Å².